The molecule has 0 saturated carbocycles. The second-order valence-electron chi connectivity index (χ2n) is 3.84. The van der Waals surface area contributed by atoms with Crippen molar-refractivity contribution in [2.75, 3.05) is 12.4 Å². The number of aliphatic carboxylic acids is 1. The maximum absolute atomic E-state index is 11.6. The molecule has 4 N–H and O–H groups in total. The van der Waals surface area contributed by atoms with Crippen LogP contribution in [0, 0.1) is 10.1 Å². The first-order valence-electron chi connectivity index (χ1n) is 5.45. The van der Waals surface area contributed by atoms with Gasteiger partial charge >= 0.3 is 5.97 Å². The first-order valence-corrected chi connectivity index (χ1v) is 5.45. The Hall–Kier alpha value is -2.68. The molecule has 0 aliphatic carbocycles. The summed E-state index contributed by atoms with van der Waals surface area (Å²) in [5, 5.41) is 21.5. The zero-order valence-electron chi connectivity index (χ0n) is 10.5. The number of hydrogen-bond acceptors (Lipinski definition) is 6. The fraction of sp³-hybridized carbons (Fsp3) is 0.273. The van der Waals surface area contributed by atoms with Crippen molar-refractivity contribution < 1.29 is 24.4 Å². The Kier molecular flexibility index (Phi) is 4.98. The SMILES string of the molecule is COc1cc([N+](=O)[O-])ccc1NC(=O)C(N)CC(=O)O. The average Bonchev–Trinajstić information content (AvgIpc) is 2.37. The van der Waals surface area contributed by atoms with Crippen molar-refractivity contribution in [3.63, 3.8) is 0 Å². The van der Waals surface area contributed by atoms with Crippen LogP contribution in [-0.4, -0.2) is 35.1 Å². The van der Waals surface area contributed by atoms with Crippen LogP contribution in [0.25, 0.3) is 0 Å². The van der Waals surface area contributed by atoms with E-state index < -0.39 is 29.3 Å². The Labute approximate surface area is 113 Å². The molecule has 0 saturated heterocycles. The second kappa shape index (κ2) is 6.48. The lowest BCUT2D eigenvalue weighted by molar-refractivity contribution is -0.384. The third kappa shape index (κ3) is 3.92. The molecule has 20 heavy (non-hydrogen) atoms. The second-order valence-corrected chi connectivity index (χ2v) is 3.84. The summed E-state index contributed by atoms with van der Waals surface area (Å²) in [6.07, 6.45) is -0.527. The number of non-ortho nitro benzene ring substituents is 1. The number of nitrogens with zero attached hydrogens (tertiary/aromatic N) is 1. The van der Waals surface area contributed by atoms with Gasteiger partial charge in [0.05, 0.1) is 36.2 Å². The summed E-state index contributed by atoms with van der Waals surface area (Å²) in [6, 6.07) is 2.37. The number of methoxy groups -OCH3 is 1. The molecule has 1 atom stereocenters. The Morgan fingerprint density at radius 3 is 2.70 bits per heavy atom. The van der Waals surface area contributed by atoms with E-state index in [9.17, 15) is 19.7 Å². The first-order chi connectivity index (χ1) is 9.35. The molecule has 0 aliphatic heterocycles. The van der Waals surface area contributed by atoms with E-state index in [1.54, 1.807) is 0 Å². The molecule has 0 radical (unpaired) electrons. The number of carboxylic acid groups (broad SMARTS) is 1. The van der Waals surface area contributed by atoms with E-state index in [0.29, 0.717) is 0 Å². The van der Waals surface area contributed by atoms with Gasteiger partial charge in [-0.1, -0.05) is 0 Å². The van der Waals surface area contributed by atoms with Gasteiger partial charge in [0, 0.05) is 6.07 Å². The van der Waals surface area contributed by atoms with E-state index >= 15 is 0 Å². The summed E-state index contributed by atoms with van der Waals surface area (Å²) in [4.78, 5) is 32.1. The molecule has 1 rings (SSSR count). The summed E-state index contributed by atoms with van der Waals surface area (Å²) >= 11 is 0. The van der Waals surface area contributed by atoms with Crippen LogP contribution in [0.1, 0.15) is 6.42 Å². The molecular formula is C11H13N3O6. The highest BCUT2D eigenvalue weighted by Gasteiger charge is 2.19. The van der Waals surface area contributed by atoms with E-state index in [0.717, 1.165) is 6.07 Å². The largest absolute Gasteiger partial charge is 0.494 e. The number of nitrogens with one attached hydrogen (secondary N) is 1. The average molecular weight is 283 g/mol. The van der Waals surface area contributed by atoms with Crippen LogP contribution in [0.5, 0.6) is 5.75 Å². The van der Waals surface area contributed by atoms with Gasteiger partial charge in [0.2, 0.25) is 5.91 Å². The number of nitro groups is 1. The van der Waals surface area contributed by atoms with Crippen LogP contribution in [0.2, 0.25) is 0 Å². The number of carboxylic acids is 1. The minimum absolute atomic E-state index is 0.0788. The quantitative estimate of drug-likeness (QED) is 0.504. The molecule has 1 amide bonds. The van der Waals surface area contributed by atoms with E-state index in [4.69, 9.17) is 15.6 Å². The summed E-state index contributed by atoms with van der Waals surface area (Å²) in [5.41, 5.74) is 5.36. The maximum Gasteiger partial charge on any atom is 0.305 e. The van der Waals surface area contributed by atoms with Crippen molar-refractivity contribution in [2.45, 2.75) is 12.5 Å². The highest BCUT2D eigenvalue weighted by molar-refractivity contribution is 5.97. The normalized spacial score (nSPS) is 11.5. The molecule has 0 fully saturated rings. The smallest absolute Gasteiger partial charge is 0.305 e. The molecule has 108 valence electrons. The molecule has 1 aromatic carbocycles. The Morgan fingerprint density at radius 2 is 2.20 bits per heavy atom. The van der Waals surface area contributed by atoms with Gasteiger partial charge in [-0.2, -0.15) is 0 Å². The highest BCUT2D eigenvalue weighted by atomic mass is 16.6. The minimum atomic E-state index is -1.23. The number of rotatable bonds is 6. The molecule has 0 bridgehead atoms. The highest BCUT2D eigenvalue weighted by Crippen LogP contribution is 2.29. The molecule has 1 unspecified atom stereocenters. The van der Waals surface area contributed by atoms with Gasteiger partial charge < -0.3 is 20.9 Å². The van der Waals surface area contributed by atoms with Crippen molar-refractivity contribution in [1.82, 2.24) is 0 Å². The zero-order valence-corrected chi connectivity index (χ0v) is 10.5. The lowest BCUT2D eigenvalue weighted by Crippen LogP contribution is -2.37. The first kappa shape index (κ1) is 15.4. The van der Waals surface area contributed by atoms with E-state index in [1.807, 2.05) is 0 Å². The number of carbonyl (C=O) groups excluding carboxylic acids is 1. The lowest BCUT2D eigenvalue weighted by atomic mass is 10.2. The standard InChI is InChI=1S/C11H13N3O6/c1-20-9-4-6(14(18)19)2-3-8(9)13-11(17)7(12)5-10(15)16/h2-4,7H,5,12H2,1H3,(H,13,17)(H,15,16). The summed E-state index contributed by atoms with van der Waals surface area (Å²) in [5.74, 6) is -1.85. The topological polar surface area (TPSA) is 145 Å². The molecule has 0 aliphatic rings. The van der Waals surface area contributed by atoms with E-state index in [2.05, 4.69) is 5.32 Å². The summed E-state index contributed by atoms with van der Waals surface area (Å²) in [6.45, 7) is 0. The van der Waals surface area contributed by atoms with Crippen molar-refractivity contribution in [2.24, 2.45) is 5.73 Å². The van der Waals surface area contributed by atoms with Gasteiger partial charge in [-0.05, 0) is 6.07 Å². The monoisotopic (exact) mass is 283 g/mol. The molecule has 0 aromatic heterocycles. The van der Waals surface area contributed by atoms with Crippen molar-refractivity contribution >= 4 is 23.3 Å². The van der Waals surface area contributed by atoms with Gasteiger partial charge in [0.15, 0.2) is 0 Å². The Bertz CT molecular complexity index is 545. The molecule has 0 spiro atoms. The van der Waals surface area contributed by atoms with Gasteiger partial charge in [-0.25, -0.2) is 0 Å². The van der Waals surface area contributed by atoms with Gasteiger partial charge in [0.25, 0.3) is 5.69 Å². The van der Waals surface area contributed by atoms with Crippen LogP contribution in [0.4, 0.5) is 11.4 Å². The van der Waals surface area contributed by atoms with Crippen LogP contribution in [0.3, 0.4) is 0 Å². The number of ether oxygens (including phenoxy) is 1. The number of carbonyl (C=O) groups is 2. The Morgan fingerprint density at radius 1 is 1.55 bits per heavy atom. The minimum Gasteiger partial charge on any atom is -0.494 e. The maximum atomic E-state index is 11.6. The van der Waals surface area contributed by atoms with Crippen LogP contribution < -0.4 is 15.8 Å². The van der Waals surface area contributed by atoms with E-state index in [-0.39, 0.29) is 17.1 Å². The Balaban J connectivity index is 2.89. The summed E-state index contributed by atoms with van der Waals surface area (Å²) in [7, 11) is 1.28. The number of nitro benzene ring substituents is 1. The predicted octanol–water partition coefficient (Wildman–Crippen LogP) is 0.344. The van der Waals surface area contributed by atoms with Crippen LogP contribution >= 0.6 is 0 Å². The van der Waals surface area contributed by atoms with Crippen LogP contribution in [0.15, 0.2) is 18.2 Å². The number of hydrogen-bond donors (Lipinski definition) is 3. The number of amides is 1. The zero-order chi connectivity index (χ0) is 15.3. The lowest BCUT2D eigenvalue weighted by Gasteiger charge is -2.12. The fourth-order valence-corrected chi connectivity index (χ4v) is 1.40. The number of anilines is 1. The molecule has 9 nitrogen and oxygen atoms in total. The molecule has 1 aromatic rings. The third-order valence-corrected chi connectivity index (χ3v) is 2.39. The predicted molar refractivity (Wildman–Crippen MR) is 68.5 cm³/mol. The van der Waals surface area contributed by atoms with Crippen molar-refractivity contribution in [3.8, 4) is 5.75 Å². The van der Waals surface area contributed by atoms with Gasteiger partial charge in [-0.3, -0.25) is 19.7 Å². The van der Waals surface area contributed by atoms with Gasteiger partial charge in [-0.15, -0.1) is 0 Å². The fourth-order valence-electron chi connectivity index (χ4n) is 1.40. The van der Waals surface area contributed by atoms with Crippen molar-refractivity contribution in [1.29, 1.82) is 0 Å². The number of nitrogens with two attached hydrogens (primary N) is 1. The van der Waals surface area contributed by atoms with Crippen LogP contribution in [-0.2, 0) is 9.59 Å². The molecule has 9 heteroatoms. The molecular weight excluding hydrogens is 270 g/mol. The van der Waals surface area contributed by atoms with E-state index in [1.165, 1.54) is 19.2 Å². The third-order valence-electron chi connectivity index (χ3n) is 2.39. The summed E-state index contributed by atoms with van der Waals surface area (Å²) < 4.78 is 4.92. The van der Waals surface area contributed by atoms with Crippen molar-refractivity contribution in [3.05, 3.63) is 28.3 Å². The number of benzene rings is 1. The molecule has 0 heterocycles. The van der Waals surface area contributed by atoms with Gasteiger partial charge in [0.1, 0.15) is 5.75 Å².